The number of hydrogen-bond acceptors (Lipinski definition) is 3. The van der Waals surface area contributed by atoms with Gasteiger partial charge in [-0.25, -0.2) is 0 Å². The van der Waals surface area contributed by atoms with E-state index in [0.717, 1.165) is 18.4 Å². The molecule has 2 atom stereocenters. The highest BCUT2D eigenvalue weighted by Gasteiger charge is 2.42. The summed E-state index contributed by atoms with van der Waals surface area (Å²) in [7, 11) is 0. The van der Waals surface area contributed by atoms with Crippen LogP contribution in [-0.4, -0.2) is 28.8 Å². The largest absolute Gasteiger partial charge is 0.344 e. The summed E-state index contributed by atoms with van der Waals surface area (Å²) in [4.78, 5) is 26.3. The summed E-state index contributed by atoms with van der Waals surface area (Å²) in [6.45, 7) is 2.57. The normalized spacial score (nSPS) is 28.2. The van der Waals surface area contributed by atoms with Crippen molar-refractivity contribution in [3.8, 4) is 0 Å². The van der Waals surface area contributed by atoms with Crippen LogP contribution in [0, 0.1) is 5.92 Å². The summed E-state index contributed by atoms with van der Waals surface area (Å²) in [6, 6.07) is 1.71. The minimum Gasteiger partial charge on any atom is -0.344 e. The van der Waals surface area contributed by atoms with Gasteiger partial charge in [0.05, 0.1) is 0 Å². The van der Waals surface area contributed by atoms with Crippen LogP contribution >= 0.6 is 11.3 Å². The second kappa shape index (κ2) is 4.96. The van der Waals surface area contributed by atoms with E-state index in [1.807, 2.05) is 23.3 Å². The third-order valence-corrected chi connectivity index (χ3v) is 4.64. The molecule has 1 aliphatic heterocycles. The molecule has 2 unspecified atom stereocenters. The second-order valence-corrected chi connectivity index (χ2v) is 6.31. The number of amides is 2. The molecule has 2 amide bonds. The molecule has 1 aromatic rings. The molecule has 1 aromatic heterocycles. The first-order chi connectivity index (χ1) is 9.15. The SMILES string of the molecule is CC1CC(=O)NC(C2CC2)C(=O)N1Cc1ccsc1. The standard InChI is InChI=1S/C14H18N2O2S/c1-9-6-12(17)15-13(11-2-3-11)14(18)16(9)7-10-4-5-19-8-10/h4-5,8-9,11,13H,2-3,6-7H2,1H3,(H,15,17). The minimum absolute atomic E-state index is 0.00516. The fourth-order valence-corrected chi connectivity index (χ4v) is 3.29. The van der Waals surface area contributed by atoms with Gasteiger partial charge in [0.25, 0.3) is 0 Å². The summed E-state index contributed by atoms with van der Waals surface area (Å²) >= 11 is 1.64. The summed E-state index contributed by atoms with van der Waals surface area (Å²) in [5, 5.41) is 6.98. The molecule has 0 spiro atoms. The number of hydrogen-bond donors (Lipinski definition) is 1. The van der Waals surface area contributed by atoms with Crippen LogP contribution in [0.3, 0.4) is 0 Å². The van der Waals surface area contributed by atoms with Gasteiger partial charge in [-0.05, 0) is 48.1 Å². The number of thiophene rings is 1. The first-order valence-corrected chi connectivity index (χ1v) is 7.70. The molecule has 2 heterocycles. The Morgan fingerprint density at radius 1 is 1.42 bits per heavy atom. The van der Waals surface area contributed by atoms with E-state index in [1.54, 1.807) is 11.3 Å². The molecule has 3 rings (SSSR count). The quantitative estimate of drug-likeness (QED) is 0.916. The van der Waals surface area contributed by atoms with E-state index in [0.29, 0.717) is 18.9 Å². The van der Waals surface area contributed by atoms with Crippen molar-refractivity contribution in [2.45, 2.75) is 44.8 Å². The van der Waals surface area contributed by atoms with Gasteiger partial charge in [-0.15, -0.1) is 0 Å². The lowest BCUT2D eigenvalue weighted by molar-refractivity contribution is -0.136. The van der Waals surface area contributed by atoms with Crippen LogP contribution in [-0.2, 0) is 16.1 Å². The van der Waals surface area contributed by atoms with E-state index < -0.39 is 0 Å². The van der Waals surface area contributed by atoms with Gasteiger partial charge in [-0.1, -0.05) is 0 Å². The predicted molar refractivity (Wildman–Crippen MR) is 73.6 cm³/mol. The van der Waals surface area contributed by atoms with E-state index in [4.69, 9.17) is 0 Å². The van der Waals surface area contributed by atoms with Crippen LogP contribution in [0.25, 0.3) is 0 Å². The van der Waals surface area contributed by atoms with Crippen LogP contribution in [0.5, 0.6) is 0 Å². The molecule has 19 heavy (non-hydrogen) atoms. The Labute approximate surface area is 116 Å². The molecule has 1 aliphatic carbocycles. The molecule has 102 valence electrons. The Hall–Kier alpha value is -1.36. The zero-order valence-corrected chi connectivity index (χ0v) is 11.8. The van der Waals surface area contributed by atoms with E-state index in [2.05, 4.69) is 10.7 Å². The Balaban J connectivity index is 1.82. The summed E-state index contributed by atoms with van der Waals surface area (Å²) in [5.74, 6) is 0.448. The smallest absolute Gasteiger partial charge is 0.245 e. The van der Waals surface area contributed by atoms with E-state index in [9.17, 15) is 9.59 Å². The molecule has 1 N–H and O–H groups in total. The maximum Gasteiger partial charge on any atom is 0.245 e. The second-order valence-electron chi connectivity index (χ2n) is 5.53. The molecular weight excluding hydrogens is 260 g/mol. The van der Waals surface area contributed by atoms with Gasteiger partial charge >= 0.3 is 0 Å². The van der Waals surface area contributed by atoms with Crippen molar-refractivity contribution in [3.05, 3.63) is 22.4 Å². The van der Waals surface area contributed by atoms with Crippen molar-refractivity contribution in [3.63, 3.8) is 0 Å². The lowest BCUT2D eigenvalue weighted by atomic mass is 10.1. The van der Waals surface area contributed by atoms with Crippen molar-refractivity contribution >= 4 is 23.2 Å². The molecule has 0 aromatic carbocycles. The highest BCUT2D eigenvalue weighted by Crippen LogP contribution is 2.35. The first-order valence-electron chi connectivity index (χ1n) is 6.76. The lowest BCUT2D eigenvalue weighted by Gasteiger charge is -2.28. The highest BCUT2D eigenvalue weighted by molar-refractivity contribution is 7.07. The Morgan fingerprint density at radius 2 is 2.21 bits per heavy atom. The molecule has 1 saturated heterocycles. The van der Waals surface area contributed by atoms with Gasteiger partial charge in [0.1, 0.15) is 6.04 Å². The van der Waals surface area contributed by atoms with Gasteiger partial charge in [-0.2, -0.15) is 11.3 Å². The summed E-state index contributed by atoms with van der Waals surface area (Å²) in [5.41, 5.74) is 1.15. The van der Waals surface area contributed by atoms with Gasteiger partial charge in [0, 0.05) is 19.0 Å². The molecule has 2 aliphatic rings. The molecule has 0 bridgehead atoms. The van der Waals surface area contributed by atoms with Crippen LogP contribution in [0.4, 0.5) is 0 Å². The summed E-state index contributed by atoms with van der Waals surface area (Å²) < 4.78 is 0. The van der Waals surface area contributed by atoms with Gasteiger partial charge < -0.3 is 10.2 Å². The third kappa shape index (κ3) is 2.66. The van der Waals surface area contributed by atoms with Crippen molar-refractivity contribution in [2.24, 2.45) is 5.92 Å². The fourth-order valence-electron chi connectivity index (χ4n) is 2.63. The Morgan fingerprint density at radius 3 is 2.84 bits per heavy atom. The average Bonchev–Trinajstić information content (AvgIpc) is 3.09. The van der Waals surface area contributed by atoms with Crippen LogP contribution in [0.2, 0.25) is 0 Å². The fraction of sp³-hybridized carbons (Fsp3) is 0.571. The maximum atomic E-state index is 12.6. The Kier molecular flexibility index (Phi) is 3.31. The number of nitrogens with zero attached hydrogens (tertiary/aromatic N) is 1. The number of nitrogens with one attached hydrogen (secondary N) is 1. The first kappa shape index (κ1) is 12.7. The van der Waals surface area contributed by atoms with Gasteiger partial charge in [-0.3, -0.25) is 9.59 Å². The highest BCUT2D eigenvalue weighted by atomic mass is 32.1. The molecule has 0 radical (unpaired) electrons. The van der Waals surface area contributed by atoms with Gasteiger partial charge in [0.2, 0.25) is 11.8 Å². The number of carbonyl (C=O) groups excluding carboxylic acids is 2. The van der Waals surface area contributed by atoms with E-state index >= 15 is 0 Å². The van der Waals surface area contributed by atoms with Crippen LogP contribution < -0.4 is 5.32 Å². The van der Waals surface area contributed by atoms with Crippen molar-refractivity contribution < 1.29 is 9.59 Å². The zero-order valence-electron chi connectivity index (χ0n) is 11.0. The lowest BCUT2D eigenvalue weighted by Crippen LogP contribution is -2.47. The minimum atomic E-state index is -0.295. The van der Waals surface area contributed by atoms with Gasteiger partial charge in [0.15, 0.2) is 0 Å². The third-order valence-electron chi connectivity index (χ3n) is 3.90. The van der Waals surface area contributed by atoms with E-state index in [1.165, 1.54) is 0 Å². The van der Waals surface area contributed by atoms with Crippen molar-refractivity contribution in [2.75, 3.05) is 0 Å². The van der Waals surface area contributed by atoms with Crippen molar-refractivity contribution in [1.82, 2.24) is 10.2 Å². The summed E-state index contributed by atoms with van der Waals surface area (Å²) in [6.07, 6.45) is 2.51. The topological polar surface area (TPSA) is 49.4 Å². The average molecular weight is 278 g/mol. The molecule has 5 heteroatoms. The monoisotopic (exact) mass is 278 g/mol. The molecular formula is C14H18N2O2S. The molecule has 1 saturated carbocycles. The van der Waals surface area contributed by atoms with Crippen LogP contribution in [0.15, 0.2) is 16.8 Å². The predicted octanol–water partition coefficient (Wildman–Crippen LogP) is 1.76. The Bertz CT molecular complexity index is 482. The number of carbonyl (C=O) groups is 2. The van der Waals surface area contributed by atoms with E-state index in [-0.39, 0.29) is 23.9 Å². The van der Waals surface area contributed by atoms with Crippen molar-refractivity contribution in [1.29, 1.82) is 0 Å². The number of rotatable bonds is 3. The zero-order chi connectivity index (χ0) is 13.4. The molecule has 4 nitrogen and oxygen atoms in total. The maximum absolute atomic E-state index is 12.6. The van der Waals surface area contributed by atoms with Crippen LogP contribution in [0.1, 0.15) is 31.7 Å². The molecule has 2 fully saturated rings.